The minimum Gasteiger partial charge on any atom is -0.459 e. The molecular weight excluding hydrogens is 356 g/mol. The van der Waals surface area contributed by atoms with Gasteiger partial charge in [-0.1, -0.05) is 0 Å². The average Bonchev–Trinajstić information content (AvgIpc) is 3.12. The number of carbonyl (C=O) groups is 2. The Morgan fingerprint density at radius 3 is 2.76 bits per heavy atom. The van der Waals surface area contributed by atoms with Crippen LogP contribution in [-0.2, 0) is 11.3 Å². The molecule has 0 aliphatic carbocycles. The number of carbonyl (C=O) groups excluding carboxylic acids is 2. The van der Waals surface area contributed by atoms with E-state index in [9.17, 15) is 9.59 Å². The van der Waals surface area contributed by atoms with Crippen molar-refractivity contribution >= 4 is 39.1 Å². The van der Waals surface area contributed by atoms with E-state index in [0.29, 0.717) is 25.9 Å². The monoisotopic (exact) mass is 370 g/mol. The Morgan fingerprint density at radius 1 is 1.24 bits per heavy atom. The second-order valence-corrected chi connectivity index (χ2v) is 6.87. The van der Waals surface area contributed by atoms with Crippen LogP contribution in [-0.4, -0.2) is 18.4 Å². The van der Waals surface area contributed by atoms with Crippen LogP contribution in [0, 0.1) is 0 Å². The molecule has 0 atom stereocenters. The number of amides is 2. The van der Waals surface area contributed by atoms with Crippen molar-refractivity contribution in [3.05, 3.63) is 45.0 Å². The highest BCUT2D eigenvalue weighted by Gasteiger charge is 2.08. The number of thiophene rings is 1. The summed E-state index contributed by atoms with van der Waals surface area (Å²) >= 11 is 4.97. The Labute approximate surface area is 134 Å². The van der Waals surface area contributed by atoms with Gasteiger partial charge < -0.3 is 15.1 Å². The van der Waals surface area contributed by atoms with Crippen molar-refractivity contribution in [1.29, 1.82) is 0 Å². The smallest absolute Gasteiger partial charge is 0.286 e. The number of nitrogens with one attached hydrogen (secondary N) is 2. The molecule has 2 aromatic heterocycles. The topological polar surface area (TPSA) is 71.3 Å². The van der Waals surface area contributed by atoms with E-state index in [1.807, 2.05) is 12.1 Å². The van der Waals surface area contributed by atoms with E-state index in [4.69, 9.17) is 4.42 Å². The van der Waals surface area contributed by atoms with Gasteiger partial charge in [-0.3, -0.25) is 9.59 Å². The van der Waals surface area contributed by atoms with E-state index >= 15 is 0 Å². The fourth-order valence-electron chi connectivity index (χ4n) is 1.67. The molecule has 2 amide bonds. The van der Waals surface area contributed by atoms with Crippen molar-refractivity contribution in [3.63, 3.8) is 0 Å². The number of rotatable bonds is 7. The molecule has 7 heteroatoms. The number of furan rings is 1. The summed E-state index contributed by atoms with van der Waals surface area (Å²) in [5.41, 5.74) is 0. The molecule has 0 aliphatic rings. The first-order valence-electron chi connectivity index (χ1n) is 6.48. The van der Waals surface area contributed by atoms with Crippen LogP contribution in [0.1, 0.15) is 28.3 Å². The van der Waals surface area contributed by atoms with E-state index in [-0.39, 0.29) is 17.6 Å². The van der Waals surface area contributed by atoms with Gasteiger partial charge in [0.05, 0.1) is 16.6 Å². The van der Waals surface area contributed by atoms with Crippen molar-refractivity contribution in [2.24, 2.45) is 0 Å². The van der Waals surface area contributed by atoms with Crippen LogP contribution in [0.25, 0.3) is 0 Å². The van der Waals surface area contributed by atoms with Crippen LogP contribution < -0.4 is 10.6 Å². The zero-order valence-corrected chi connectivity index (χ0v) is 13.6. The van der Waals surface area contributed by atoms with Gasteiger partial charge in [0.2, 0.25) is 5.91 Å². The Bertz CT molecular complexity index is 595. The highest BCUT2D eigenvalue weighted by atomic mass is 79.9. The van der Waals surface area contributed by atoms with Gasteiger partial charge >= 0.3 is 0 Å². The molecule has 21 heavy (non-hydrogen) atoms. The standard InChI is InChI=1S/C14H15BrN2O3S/c15-12-6-5-10(21-12)9-17-13(18)4-1-7-16-14(19)11-3-2-8-20-11/h2-3,5-6,8H,1,4,7,9H2,(H,16,19)(H,17,18). The van der Waals surface area contributed by atoms with Gasteiger partial charge in [0, 0.05) is 17.8 Å². The summed E-state index contributed by atoms with van der Waals surface area (Å²) in [6.45, 7) is 0.978. The highest BCUT2D eigenvalue weighted by Crippen LogP contribution is 2.21. The Balaban J connectivity index is 1.58. The predicted molar refractivity (Wildman–Crippen MR) is 84.1 cm³/mol. The summed E-state index contributed by atoms with van der Waals surface area (Å²) in [7, 11) is 0. The minimum atomic E-state index is -0.260. The van der Waals surface area contributed by atoms with Crippen molar-refractivity contribution in [2.75, 3.05) is 6.54 Å². The molecule has 5 nitrogen and oxygen atoms in total. The Kier molecular flexibility index (Phi) is 6.01. The third-order valence-electron chi connectivity index (χ3n) is 2.70. The molecular formula is C14H15BrN2O3S. The maximum atomic E-state index is 11.6. The second kappa shape index (κ2) is 7.99. The van der Waals surface area contributed by atoms with Crippen molar-refractivity contribution < 1.29 is 14.0 Å². The maximum absolute atomic E-state index is 11.6. The summed E-state index contributed by atoms with van der Waals surface area (Å²) in [5.74, 6) is -0.00154. The van der Waals surface area contributed by atoms with E-state index in [0.717, 1.165) is 8.66 Å². The molecule has 0 radical (unpaired) electrons. The van der Waals surface area contributed by atoms with Gasteiger partial charge in [-0.25, -0.2) is 0 Å². The maximum Gasteiger partial charge on any atom is 0.286 e. The van der Waals surface area contributed by atoms with Gasteiger partial charge in [-0.15, -0.1) is 11.3 Å². The largest absolute Gasteiger partial charge is 0.459 e. The molecule has 0 fully saturated rings. The van der Waals surface area contributed by atoms with Crippen molar-refractivity contribution in [1.82, 2.24) is 10.6 Å². The lowest BCUT2D eigenvalue weighted by molar-refractivity contribution is -0.121. The minimum absolute atomic E-state index is 0.0215. The average molecular weight is 371 g/mol. The third kappa shape index (κ3) is 5.35. The number of hydrogen-bond acceptors (Lipinski definition) is 4. The van der Waals surface area contributed by atoms with Gasteiger partial charge in [0.1, 0.15) is 0 Å². The second-order valence-electron chi connectivity index (χ2n) is 4.32. The molecule has 0 saturated heterocycles. The van der Waals surface area contributed by atoms with Gasteiger partial charge in [0.15, 0.2) is 5.76 Å². The summed E-state index contributed by atoms with van der Waals surface area (Å²) in [5, 5.41) is 5.55. The lowest BCUT2D eigenvalue weighted by Crippen LogP contribution is -2.27. The summed E-state index contributed by atoms with van der Waals surface area (Å²) in [6, 6.07) is 7.18. The summed E-state index contributed by atoms with van der Waals surface area (Å²) in [4.78, 5) is 24.3. The lowest BCUT2D eigenvalue weighted by atomic mass is 10.3. The first kappa shape index (κ1) is 15.8. The lowest BCUT2D eigenvalue weighted by Gasteiger charge is -2.04. The van der Waals surface area contributed by atoms with E-state index in [1.165, 1.54) is 6.26 Å². The van der Waals surface area contributed by atoms with Crippen LogP contribution in [0.2, 0.25) is 0 Å². The fourth-order valence-corrected chi connectivity index (χ4v) is 3.09. The Morgan fingerprint density at radius 2 is 2.10 bits per heavy atom. The number of hydrogen-bond donors (Lipinski definition) is 2. The summed E-state index contributed by atoms with van der Waals surface area (Å²) in [6.07, 6.45) is 2.42. The van der Waals surface area contributed by atoms with Crippen LogP contribution >= 0.6 is 27.3 Å². The first-order chi connectivity index (χ1) is 10.1. The molecule has 2 heterocycles. The zero-order valence-electron chi connectivity index (χ0n) is 11.2. The molecule has 0 aliphatic heterocycles. The molecule has 0 saturated carbocycles. The Hall–Kier alpha value is -1.60. The van der Waals surface area contributed by atoms with Crippen LogP contribution in [0.3, 0.4) is 0 Å². The predicted octanol–water partition coefficient (Wildman–Crippen LogP) is 2.93. The van der Waals surface area contributed by atoms with Crippen molar-refractivity contribution in [3.8, 4) is 0 Å². The number of halogens is 1. The summed E-state index contributed by atoms with van der Waals surface area (Å²) < 4.78 is 6.02. The fraction of sp³-hybridized carbons (Fsp3) is 0.286. The highest BCUT2D eigenvalue weighted by molar-refractivity contribution is 9.11. The SMILES string of the molecule is O=C(CCCNC(=O)c1ccco1)NCc1ccc(Br)s1. The van der Waals surface area contributed by atoms with Crippen molar-refractivity contribution in [2.45, 2.75) is 19.4 Å². The van der Waals surface area contributed by atoms with Gasteiger partial charge in [-0.05, 0) is 46.6 Å². The van der Waals surface area contributed by atoms with Gasteiger partial charge in [0.25, 0.3) is 5.91 Å². The van der Waals surface area contributed by atoms with Crippen LogP contribution in [0.5, 0.6) is 0 Å². The van der Waals surface area contributed by atoms with E-state index in [1.54, 1.807) is 23.5 Å². The van der Waals surface area contributed by atoms with Gasteiger partial charge in [-0.2, -0.15) is 0 Å². The molecule has 2 N–H and O–H groups in total. The van der Waals surface area contributed by atoms with E-state index in [2.05, 4.69) is 26.6 Å². The third-order valence-corrected chi connectivity index (χ3v) is 4.32. The molecule has 0 bridgehead atoms. The molecule has 2 aromatic rings. The molecule has 112 valence electrons. The zero-order chi connectivity index (χ0) is 15.1. The molecule has 0 aromatic carbocycles. The molecule has 0 spiro atoms. The first-order valence-corrected chi connectivity index (χ1v) is 8.09. The molecule has 2 rings (SSSR count). The quantitative estimate of drug-likeness (QED) is 0.736. The molecule has 0 unspecified atom stereocenters. The van der Waals surface area contributed by atoms with E-state index < -0.39 is 0 Å². The van der Waals surface area contributed by atoms with Crippen LogP contribution in [0.15, 0.2) is 38.7 Å². The van der Waals surface area contributed by atoms with Crippen LogP contribution in [0.4, 0.5) is 0 Å². The normalized spacial score (nSPS) is 10.3.